The van der Waals surface area contributed by atoms with Crippen LogP contribution in [0.5, 0.6) is 5.75 Å². The summed E-state index contributed by atoms with van der Waals surface area (Å²) < 4.78 is 32.9. The molecule has 0 aliphatic heterocycles. The minimum atomic E-state index is -3.63. The van der Waals surface area contributed by atoms with Crippen LogP contribution in [-0.4, -0.2) is 27.5 Å². The number of nitrogens with one attached hydrogen (secondary N) is 2. The quantitative estimate of drug-likeness (QED) is 0.728. The van der Waals surface area contributed by atoms with Gasteiger partial charge in [0.2, 0.25) is 15.9 Å². The molecule has 0 radical (unpaired) electrons. The Kier molecular flexibility index (Phi) is 6.39. The van der Waals surface area contributed by atoms with Crippen molar-refractivity contribution in [3.63, 3.8) is 0 Å². The van der Waals surface area contributed by atoms with Gasteiger partial charge >= 0.3 is 0 Å². The van der Waals surface area contributed by atoms with Crippen LogP contribution in [0, 0.1) is 20.8 Å². The lowest BCUT2D eigenvalue weighted by molar-refractivity contribution is -0.114. The van der Waals surface area contributed by atoms with Gasteiger partial charge in [0.25, 0.3) is 0 Å². The molecule has 0 saturated heterocycles. The van der Waals surface area contributed by atoms with E-state index in [1.165, 1.54) is 19.1 Å². The van der Waals surface area contributed by atoms with Crippen LogP contribution in [0.1, 0.15) is 23.6 Å². The predicted molar refractivity (Wildman–Crippen MR) is 102 cm³/mol. The standard InChI is InChI=1S/C19H24N2O4S/c1-13-11-14(2)19(15(3)12-13)25-10-9-20-26(23,24)18-7-5-17(6-8-18)21-16(4)22/h5-8,11-12,20H,9-10H2,1-4H3,(H,21,22). The molecule has 0 fully saturated rings. The monoisotopic (exact) mass is 376 g/mol. The number of carbonyl (C=O) groups excluding carboxylic acids is 1. The van der Waals surface area contributed by atoms with E-state index in [-0.39, 0.29) is 24.0 Å². The molecule has 0 bridgehead atoms. The average Bonchev–Trinajstić information content (AvgIpc) is 2.53. The first kappa shape index (κ1) is 19.9. The normalized spacial score (nSPS) is 11.2. The Morgan fingerprint density at radius 1 is 1.04 bits per heavy atom. The van der Waals surface area contributed by atoms with Gasteiger partial charge in [-0.15, -0.1) is 0 Å². The van der Waals surface area contributed by atoms with E-state index in [2.05, 4.69) is 10.0 Å². The number of rotatable bonds is 7. The SMILES string of the molecule is CC(=O)Nc1ccc(S(=O)(=O)NCCOc2c(C)cc(C)cc2C)cc1. The van der Waals surface area contributed by atoms with Crippen LogP contribution in [0.3, 0.4) is 0 Å². The summed E-state index contributed by atoms with van der Waals surface area (Å²) in [7, 11) is -3.63. The number of sulfonamides is 1. The van der Waals surface area contributed by atoms with Gasteiger partial charge in [-0.2, -0.15) is 0 Å². The van der Waals surface area contributed by atoms with Gasteiger partial charge in [0.1, 0.15) is 12.4 Å². The molecule has 6 nitrogen and oxygen atoms in total. The molecule has 1 amide bonds. The second-order valence-corrected chi connectivity index (χ2v) is 7.95. The van der Waals surface area contributed by atoms with Crippen molar-refractivity contribution in [1.29, 1.82) is 0 Å². The third-order valence-corrected chi connectivity index (χ3v) is 5.21. The third-order valence-electron chi connectivity index (χ3n) is 3.73. The second kappa shape index (κ2) is 8.33. The van der Waals surface area contributed by atoms with Gasteiger partial charge in [-0.3, -0.25) is 4.79 Å². The van der Waals surface area contributed by atoms with Crippen molar-refractivity contribution in [2.45, 2.75) is 32.6 Å². The highest BCUT2D eigenvalue weighted by molar-refractivity contribution is 7.89. The summed E-state index contributed by atoms with van der Waals surface area (Å²) in [4.78, 5) is 11.1. The first-order valence-corrected chi connectivity index (χ1v) is 9.75. The van der Waals surface area contributed by atoms with Gasteiger partial charge in [0.15, 0.2) is 0 Å². The second-order valence-electron chi connectivity index (χ2n) is 6.18. The maximum atomic E-state index is 12.3. The minimum absolute atomic E-state index is 0.134. The highest BCUT2D eigenvalue weighted by Gasteiger charge is 2.14. The van der Waals surface area contributed by atoms with Crippen LogP contribution in [0.4, 0.5) is 5.69 Å². The summed E-state index contributed by atoms with van der Waals surface area (Å²) in [5.41, 5.74) is 3.76. The van der Waals surface area contributed by atoms with E-state index >= 15 is 0 Å². The summed E-state index contributed by atoms with van der Waals surface area (Å²) in [6.45, 7) is 7.74. The fraction of sp³-hybridized carbons (Fsp3) is 0.316. The molecule has 2 rings (SSSR count). The summed E-state index contributed by atoms with van der Waals surface area (Å²) in [5, 5.41) is 2.59. The van der Waals surface area contributed by atoms with Gasteiger partial charge in [-0.25, -0.2) is 13.1 Å². The molecule has 0 saturated carbocycles. The fourth-order valence-corrected chi connectivity index (χ4v) is 3.74. The molecule has 2 aromatic carbocycles. The third kappa shape index (κ3) is 5.31. The van der Waals surface area contributed by atoms with Gasteiger partial charge in [0, 0.05) is 19.2 Å². The van der Waals surface area contributed by atoms with E-state index in [0.717, 1.165) is 22.4 Å². The van der Waals surface area contributed by atoms with Crippen molar-refractivity contribution in [2.75, 3.05) is 18.5 Å². The highest BCUT2D eigenvalue weighted by atomic mass is 32.2. The van der Waals surface area contributed by atoms with E-state index in [1.807, 2.05) is 32.9 Å². The highest BCUT2D eigenvalue weighted by Crippen LogP contribution is 2.24. The molecule has 140 valence electrons. The Morgan fingerprint density at radius 3 is 2.15 bits per heavy atom. The van der Waals surface area contributed by atoms with Crippen LogP contribution in [0.2, 0.25) is 0 Å². The molecule has 2 N–H and O–H groups in total. The molecule has 2 aromatic rings. The molecule has 0 aliphatic carbocycles. The Balaban J connectivity index is 1.93. The molecular weight excluding hydrogens is 352 g/mol. The Morgan fingerprint density at radius 2 is 1.62 bits per heavy atom. The molecule has 0 atom stereocenters. The molecular formula is C19H24N2O4S. The lowest BCUT2D eigenvalue weighted by Crippen LogP contribution is -2.28. The minimum Gasteiger partial charge on any atom is -0.492 e. The number of carbonyl (C=O) groups is 1. The van der Waals surface area contributed by atoms with Gasteiger partial charge < -0.3 is 10.1 Å². The smallest absolute Gasteiger partial charge is 0.240 e. The summed E-state index contributed by atoms with van der Waals surface area (Å²) >= 11 is 0. The summed E-state index contributed by atoms with van der Waals surface area (Å²) in [6.07, 6.45) is 0. The van der Waals surface area contributed by atoms with Crippen molar-refractivity contribution in [1.82, 2.24) is 4.72 Å². The maximum absolute atomic E-state index is 12.3. The lowest BCUT2D eigenvalue weighted by Gasteiger charge is -2.13. The Labute approximate surface area is 154 Å². The number of hydrogen-bond acceptors (Lipinski definition) is 4. The lowest BCUT2D eigenvalue weighted by atomic mass is 10.1. The zero-order chi connectivity index (χ0) is 19.3. The first-order chi connectivity index (χ1) is 12.2. The number of ether oxygens (including phenoxy) is 1. The molecule has 0 heterocycles. The summed E-state index contributed by atoms with van der Waals surface area (Å²) in [6, 6.07) is 10.1. The fourth-order valence-electron chi connectivity index (χ4n) is 2.73. The first-order valence-electron chi connectivity index (χ1n) is 8.27. The van der Waals surface area contributed by atoms with E-state index in [1.54, 1.807) is 12.1 Å². The van der Waals surface area contributed by atoms with Crippen molar-refractivity contribution >= 4 is 21.6 Å². The number of benzene rings is 2. The zero-order valence-corrected chi connectivity index (χ0v) is 16.2. The molecule has 0 aromatic heterocycles. The van der Waals surface area contributed by atoms with Crippen LogP contribution < -0.4 is 14.8 Å². The van der Waals surface area contributed by atoms with Gasteiger partial charge in [-0.1, -0.05) is 17.7 Å². The van der Waals surface area contributed by atoms with Crippen LogP contribution in [-0.2, 0) is 14.8 Å². The van der Waals surface area contributed by atoms with E-state index in [0.29, 0.717) is 5.69 Å². The van der Waals surface area contributed by atoms with Crippen LogP contribution in [0.25, 0.3) is 0 Å². The number of amides is 1. The van der Waals surface area contributed by atoms with E-state index in [4.69, 9.17) is 4.74 Å². The van der Waals surface area contributed by atoms with Gasteiger partial charge in [-0.05, 0) is 56.2 Å². The van der Waals surface area contributed by atoms with Crippen molar-refractivity contribution in [3.8, 4) is 5.75 Å². The Bertz CT molecular complexity index is 867. The maximum Gasteiger partial charge on any atom is 0.240 e. The number of anilines is 1. The summed E-state index contributed by atoms with van der Waals surface area (Å²) in [5.74, 6) is 0.576. The molecule has 0 aliphatic rings. The van der Waals surface area contributed by atoms with E-state index in [9.17, 15) is 13.2 Å². The van der Waals surface area contributed by atoms with Crippen molar-refractivity contribution in [3.05, 3.63) is 53.1 Å². The van der Waals surface area contributed by atoms with Gasteiger partial charge in [0.05, 0.1) is 4.90 Å². The van der Waals surface area contributed by atoms with Crippen molar-refractivity contribution < 1.29 is 17.9 Å². The topological polar surface area (TPSA) is 84.5 Å². The molecule has 26 heavy (non-hydrogen) atoms. The predicted octanol–water partition coefficient (Wildman–Crippen LogP) is 2.93. The zero-order valence-electron chi connectivity index (χ0n) is 15.4. The largest absolute Gasteiger partial charge is 0.492 e. The van der Waals surface area contributed by atoms with E-state index < -0.39 is 10.0 Å². The molecule has 0 unspecified atom stereocenters. The molecule has 7 heteroatoms. The molecule has 0 spiro atoms. The Hall–Kier alpha value is -2.38. The van der Waals surface area contributed by atoms with Crippen LogP contribution in [0.15, 0.2) is 41.3 Å². The van der Waals surface area contributed by atoms with Crippen LogP contribution >= 0.6 is 0 Å². The number of aryl methyl sites for hydroxylation is 3. The number of hydrogen-bond donors (Lipinski definition) is 2. The average molecular weight is 376 g/mol. The van der Waals surface area contributed by atoms with Crippen molar-refractivity contribution in [2.24, 2.45) is 0 Å².